The molecule has 0 fully saturated rings. The Bertz CT molecular complexity index is 204. The lowest BCUT2D eigenvalue weighted by Crippen LogP contribution is -2.16. The Labute approximate surface area is 142 Å². The molecule has 0 rings (SSSR count). The molecule has 0 radical (unpaired) electrons. The molecule has 0 saturated carbocycles. The molecule has 0 aromatic carbocycles. The van der Waals surface area contributed by atoms with Crippen molar-refractivity contribution in [3.05, 3.63) is 0 Å². The molecule has 0 aliphatic carbocycles. The van der Waals surface area contributed by atoms with E-state index in [2.05, 4.69) is 13.8 Å². The van der Waals surface area contributed by atoms with Crippen LogP contribution in [0, 0.1) is 0 Å². The van der Waals surface area contributed by atoms with Crippen LogP contribution < -0.4 is 0 Å². The molecule has 0 saturated heterocycles. The van der Waals surface area contributed by atoms with E-state index in [1.807, 2.05) is 0 Å². The van der Waals surface area contributed by atoms with E-state index in [1.165, 1.54) is 77.0 Å². The molecule has 4 heteroatoms. The first-order valence-corrected chi connectivity index (χ1v) is 13.7. The third kappa shape index (κ3) is 14.0. The number of hydrogen-bond acceptors (Lipinski definition) is 0. The molecule has 0 N–H and O–H groups in total. The summed E-state index contributed by atoms with van der Waals surface area (Å²) in [6.07, 6.45) is 17.7. The predicted octanol–water partition coefficient (Wildman–Crippen LogP) is 8.12. The molecule has 0 aromatic heterocycles. The molecule has 0 aliphatic rings. The van der Waals surface area contributed by atoms with Crippen molar-refractivity contribution in [2.24, 2.45) is 0 Å². The van der Waals surface area contributed by atoms with Gasteiger partial charge in [0, 0.05) is 0 Å². The highest BCUT2D eigenvalue weighted by atomic mass is 35.8. The minimum atomic E-state index is -2.44. The quantitative estimate of drug-likeness (QED) is 0.167. The van der Waals surface area contributed by atoms with Crippen LogP contribution in [0.4, 0.5) is 0 Å². The molecule has 0 heterocycles. The second kappa shape index (κ2) is 13.7. The lowest BCUT2D eigenvalue weighted by atomic mass is 10.0. The van der Waals surface area contributed by atoms with Gasteiger partial charge >= 0.3 is 6.00 Å². The van der Waals surface area contributed by atoms with Crippen LogP contribution in [-0.4, -0.2) is 6.00 Å². The van der Waals surface area contributed by atoms with E-state index in [0.29, 0.717) is 5.54 Å². The summed E-state index contributed by atoms with van der Waals surface area (Å²) in [6.45, 7) is 4.36. The minimum Gasteiger partial charge on any atom is -0.126 e. The third-order valence-electron chi connectivity index (χ3n) is 4.05. The fourth-order valence-electron chi connectivity index (χ4n) is 2.46. The van der Waals surface area contributed by atoms with Crippen LogP contribution in [0.5, 0.6) is 0 Å². The lowest BCUT2D eigenvalue weighted by Gasteiger charge is -2.16. The maximum absolute atomic E-state index is 6.00. The molecule has 0 bridgehead atoms. The zero-order chi connectivity index (χ0) is 15.3. The highest BCUT2D eigenvalue weighted by Crippen LogP contribution is 2.36. The van der Waals surface area contributed by atoms with Crippen molar-refractivity contribution in [2.75, 3.05) is 0 Å². The average molecular weight is 360 g/mol. The van der Waals surface area contributed by atoms with Crippen molar-refractivity contribution >= 4 is 39.2 Å². The molecule has 1 unspecified atom stereocenters. The Hall–Kier alpha value is 1.09. The molecule has 0 aliphatic heterocycles. The van der Waals surface area contributed by atoms with Gasteiger partial charge in [-0.2, -0.15) is 0 Å². The summed E-state index contributed by atoms with van der Waals surface area (Å²) < 4.78 is 0. The topological polar surface area (TPSA) is 0 Å². The second-order valence-electron chi connectivity index (χ2n) is 6.12. The Balaban J connectivity index is 3.14. The van der Waals surface area contributed by atoms with Gasteiger partial charge in [0.2, 0.25) is 0 Å². The first-order valence-electron chi connectivity index (χ1n) is 8.55. The Morgan fingerprint density at radius 1 is 0.650 bits per heavy atom. The molecule has 0 amide bonds. The molecular weight excluding hydrogens is 327 g/mol. The molecule has 0 nitrogen and oxygen atoms in total. The molecule has 20 heavy (non-hydrogen) atoms. The van der Waals surface area contributed by atoms with Gasteiger partial charge in [0.1, 0.15) is 0 Å². The maximum atomic E-state index is 6.00. The first-order chi connectivity index (χ1) is 9.48. The van der Waals surface area contributed by atoms with Crippen LogP contribution in [0.1, 0.15) is 97.3 Å². The van der Waals surface area contributed by atoms with Crippen LogP contribution in [0.3, 0.4) is 0 Å². The molecular formula is C16H33Cl3Si. The summed E-state index contributed by atoms with van der Waals surface area (Å²) in [4.78, 5) is 0. The Kier molecular flexibility index (Phi) is 14.5. The van der Waals surface area contributed by atoms with E-state index in [1.54, 1.807) is 0 Å². The van der Waals surface area contributed by atoms with Gasteiger partial charge in [-0.25, -0.2) is 0 Å². The van der Waals surface area contributed by atoms with E-state index in [4.69, 9.17) is 33.2 Å². The minimum absolute atomic E-state index is 0.302. The fourth-order valence-corrected chi connectivity index (χ4v) is 3.97. The average Bonchev–Trinajstić information content (AvgIpc) is 2.38. The van der Waals surface area contributed by atoms with Crippen LogP contribution in [-0.2, 0) is 0 Å². The number of rotatable bonds is 14. The summed E-state index contributed by atoms with van der Waals surface area (Å²) in [5, 5.41) is 0. The predicted molar refractivity (Wildman–Crippen MR) is 98.4 cm³/mol. The van der Waals surface area contributed by atoms with Gasteiger partial charge in [0.25, 0.3) is 0 Å². The van der Waals surface area contributed by atoms with E-state index in [9.17, 15) is 0 Å². The van der Waals surface area contributed by atoms with Crippen LogP contribution >= 0.6 is 33.2 Å². The molecule has 0 aromatic rings. The van der Waals surface area contributed by atoms with Crippen molar-refractivity contribution in [2.45, 2.75) is 103 Å². The number of halogens is 3. The lowest BCUT2D eigenvalue weighted by molar-refractivity contribution is 0.538. The number of hydrogen-bond donors (Lipinski definition) is 0. The zero-order valence-corrected chi connectivity index (χ0v) is 16.7. The van der Waals surface area contributed by atoms with E-state index >= 15 is 0 Å². The SMILES string of the molecule is CCCCCCCCCCCCCCC(C)[Si](Cl)(Cl)Cl. The first kappa shape index (κ1) is 21.1. The standard InChI is InChI=1S/C16H33Cl3Si/c1-3-4-5-6-7-8-9-10-11-12-13-14-15-16(2)20(17,18)19/h16H,3-15H2,1-2H3. The van der Waals surface area contributed by atoms with E-state index in [0.717, 1.165) is 6.42 Å². The van der Waals surface area contributed by atoms with Gasteiger partial charge in [-0.1, -0.05) is 90.9 Å². The zero-order valence-electron chi connectivity index (χ0n) is 13.4. The highest BCUT2D eigenvalue weighted by Gasteiger charge is 2.32. The summed E-state index contributed by atoms with van der Waals surface area (Å²) in [6, 6.07) is -2.44. The van der Waals surface area contributed by atoms with Crippen molar-refractivity contribution in [1.29, 1.82) is 0 Å². The van der Waals surface area contributed by atoms with Gasteiger partial charge < -0.3 is 0 Å². The van der Waals surface area contributed by atoms with E-state index < -0.39 is 6.00 Å². The smallest absolute Gasteiger partial charge is 0.126 e. The largest absolute Gasteiger partial charge is 0.344 e. The maximum Gasteiger partial charge on any atom is 0.344 e. The molecule has 0 spiro atoms. The van der Waals surface area contributed by atoms with Gasteiger partial charge in [0.15, 0.2) is 0 Å². The van der Waals surface area contributed by atoms with Gasteiger partial charge in [0.05, 0.1) is 0 Å². The molecule has 1 atom stereocenters. The van der Waals surface area contributed by atoms with Crippen LogP contribution in [0.15, 0.2) is 0 Å². The van der Waals surface area contributed by atoms with Crippen molar-refractivity contribution in [3.63, 3.8) is 0 Å². The Morgan fingerprint density at radius 3 is 1.35 bits per heavy atom. The van der Waals surface area contributed by atoms with Crippen molar-refractivity contribution < 1.29 is 0 Å². The fraction of sp³-hybridized carbons (Fsp3) is 1.00. The summed E-state index contributed by atoms with van der Waals surface area (Å²) in [5.41, 5.74) is 0.302. The third-order valence-corrected chi connectivity index (χ3v) is 8.81. The second-order valence-corrected chi connectivity index (χ2v) is 15.3. The van der Waals surface area contributed by atoms with Crippen LogP contribution in [0.25, 0.3) is 0 Å². The highest BCUT2D eigenvalue weighted by molar-refractivity contribution is 7.65. The summed E-state index contributed by atoms with van der Waals surface area (Å²) in [5.74, 6) is 0. The van der Waals surface area contributed by atoms with Gasteiger partial charge in [-0.15, -0.1) is 33.2 Å². The van der Waals surface area contributed by atoms with E-state index in [-0.39, 0.29) is 0 Å². The monoisotopic (exact) mass is 358 g/mol. The summed E-state index contributed by atoms with van der Waals surface area (Å²) >= 11 is 18.0. The number of unbranched alkanes of at least 4 members (excludes halogenated alkanes) is 11. The van der Waals surface area contributed by atoms with Crippen LogP contribution in [0.2, 0.25) is 5.54 Å². The normalized spacial score (nSPS) is 13.7. The van der Waals surface area contributed by atoms with Gasteiger partial charge in [-0.05, 0) is 12.0 Å². The molecule has 122 valence electrons. The Morgan fingerprint density at radius 2 is 1.00 bits per heavy atom. The van der Waals surface area contributed by atoms with Gasteiger partial charge in [-0.3, -0.25) is 0 Å². The summed E-state index contributed by atoms with van der Waals surface area (Å²) in [7, 11) is 0. The van der Waals surface area contributed by atoms with Crippen molar-refractivity contribution in [3.8, 4) is 0 Å². The van der Waals surface area contributed by atoms with Crippen molar-refractivity contribution in [1.82, 2.24) is 0 Å².